The van der Waals surface area contributed by atoms with Gasteiger partial charge in [0.15, 0.2) is 0 Å². The molecule has 1 saturated heterocycles. The fraction of sp³-hybridized carbons (Fsp3) is 0.353. The number of anilines is 1. The van der Waals surface area contributed by atoms with Gasteiger partial charge in [-0.3, -0.25) is 19.2 Å². The van der Waals surface area contributed by atoms with E-state index in [1.807, 2.05) is 6.92 Å². The van der Waals surface area contributed by atoms with E-state index >= 15 is 0 Å². The number of nitrogens with one attached hydrogen (secondary N) is 1. The van der Waals surface area contributed by atoms with Crippen molar-refractivity contribution in [3.8, 4) is 0 Å². The molecule has 1 aromatic carbocycles. The van der Waals surface area contributed by atoms with E-state index in [1.54, 1.807) is 17.8 Å². The summed E-state index contributed by atoms with van der Waals surface area (Å²) in [5.41, 5.74) is 6.06. The minimum absolute atomic E-state index is 0.0832. The van der Waals surface area contributed by atoms with E-state index < -0.39 is 22.0 Å². The number of primary amides is 1. The monoisotopic (exact) mass is 391 g/mol. The number of amides is 2. The smallest absolute Gasteiger partial charge is 0.248 e. The van der Waals surface area contributed by atoms with Gasteiger partial charge >= 0.3 is 0 Å². The zero-order chi connectivity index (χ0) is 19.8. The molecule has 1 atom stereocenters. The first kappa shape index (κ1) is 19.1. The number of hydrogen-bond acceptors (Lipinski definition) is 5. The highest BCUT2D eigenvalue weighted by Gasteiger charge is 2.34. The summed E-state index contributed by atoms with van der Waals surface area (Å²) in [6, 6.07) is 6.30. The SMILES string of the molecule is Cc1cc(N2CCC[C@H](NS(=O)(=O)c3cccc(C(N)=O)c3)C2=O)n(C)n1. The lowest BCUT2D eigenvalue weighted by Gasteiger charge is -2.32. The van der Waals surface area contributed by atoms with Crippen LogP contribution in [-0.4, -0.2) is 42.6 Å². The fourth-order valence-electron chi connectivity index (χ4n) is 3.13. The Morgan fingerprint density at radius 3 is 2.70 bits per heavy atom. The lowest BCUT2D eigenvalue weighted by molar-refractivity contribution is -0.121. The highest BCUT2D eigenvalue weighted by Crippen LogP contribution is 2.23. The molecule has 0 radical (unpaired) electrons. The molecule has 144 valence electrons. The van der Waals surface area contributed by atoms with Crippen LogP contribution in [0, 0.1) is 6.92 Å². The van der Waals surface area contributed by atoms with E-state index in [0.717, 1.165) is 5.69 Å². The number of carbonyl (C=O) groups excluding carboxylic acids is 2. The molecule has 2 heterocycles. The van der Waals surface area contributed by atoms with Crippen molar-refractivity contribution >= 4 is 27.7 Å². The van der Waals surface area contributed by atoms with Gasteiger partial charge in [0.1, 0.15) is 11.9 Å². The van der Waals surface area contributed by atoms with Crippen molar-refractivity contribution < 1.29 is 18.0 Å². The van der Waals surface area contributed by atoms with Crippen LogP contribution in [0.25, 0.3) is 0 Å². The molecule has 10 heteroatoms. The van der Waals surface area contributed by atoms with E-state index in [1.165, 1.54) is 29.2 Å². The van der Waals surface area contributed by atoms with E-state index in [4.69, 9.17) is 5.73 Å². The normalized spacial score (nSPS) is 17.9. The number of piperidine rings is 1. The molecule has 1 aliphatic heterocycles. The number of sulfonamides is 1. The Kier molecular flexibility index (Phi) is 5.03. The predicted octanol–water partition coefficient (Wildman–Crippen LogP) is 0.301. The molecule has 3 rings (SSSR count). The summed E-state index contributed by atoms with van der Waals surface area (Å²) in [6.07, 6.45) is 1.03. The van der Waals surface area contributed by atoms with Gasteiger partial charge in [0.05, 0.1) is 10.6 Å². The molecule has 1 fully saturated rings. The third-order valence-corrected chi connectivity index (χ3v) is 5.89. The molecular formula is C17H21N5O4S. The molecule has 3 N–H and O–H groups in total. The number of rotatable bonds is 5. The molecule has 1 aliphatic rings. The van der Waals surface area contributed by atoms with Gasteiger partial charge in [0.2, 0.25) is 21.8 Å². The number of nitrogens with zero attached hydrogens (tertiary/aromatic N) is 3. The van der Waals surface area contributed by atoms with E-state index in [0.29, 0.717) is 25.2 Å². The zero-order valence-electron chi connectivity index (χ0n) is 15.0. The van der Waals surface area contributed by atoms with Gasteiger partial charge in [-0.15, -0.1) is 0 Å². The Bertz CT molecular complexity index is 999. The summed E-state index contributed by atoms with van der Waals surface area (Å²) in [6.45, 7) is 2.32. The quantitative estimate of drug-likeness (QED) is 0.758. The third kappa shape index (κ3) is 3.86. The van der Waals surface area contributed by atoms with Crippen LogP contribution in [0.15, 0.2) is 35.2 Å². The van der Waals surface area contributed by atoms with E-state index in [9.17, 15) is 18.0 Å². The largest absolute Gasteiger partial charge is 0.366 e. The van der Waals surface area contributed by atoms with Crippen LogP contribution in [0.5, 0.6) is 0 Å². The predicted molar refractivity (Wildman–Crippen MR) is 98.6 cm³/mol. The fourth-order valence-corrected chi connectivity index (χ4v) is 4.40. The number of hydrogen-bond donors (Lipinski definition) is 2. The van der Waals surface area contributed by atoms with Crippen LogP contribution in [0.4, 0.5) is 5.82 Å². The average Bonchev–Trinajstić information content (AvgIpc) is 2.95. The highest BCUT2D eigenvalue weighted by molar-refractivity contribution is 7.89. The summed E-state index contributed by atoms with van der Waals surface area (Å²) in [5, 5.41) is 4.23. The van der Waals surface area contributed by atoms with Crippen LogP contribution in [0.2, 0.25) is 0 Å². The lowest BCUT2D eigenvalue weighted by Crippen LogP contribution is -2.52. The first-order valence-electron chi connectivity index (χ1n) is 8.43. The molecule has 0 spiro atoms. The van der Waals surface area contributed by atoms with E-state index in [2.05, 4.69) is 9.82 Å². The van der Waals surface area contributed by atoms with Crippen molar-refractivity contribution in [1.82, 2.24) is 14.5 Å². The van der Waals surface area contributed by atoms with Crippen LogP contribution < -0.4 is 15.4 Å². The molecule has 27 heavy (non-hydrogen) atoms. The molecule has 0 unspecified atom stereocenters. The standard InChI is InChI=1S/C17H21N5O4S/c1-11-9-15(21(2)19-11)22-8-4-7-14(17(22)24)20-27(25,26)13-6-3-5-12(10-13)16(18)23/h3,5-6,9-10,14,20H,4,7-8H2,1-2H3,(H2,18,23)/t14-/m0/s1. The first-order chi connectivity index (χ1) is 12.7. The van der Waals surface area contributed by atoms with Crippen molar-refractivity contribution in [3.63, 3.8) is 0 Å². The van der Waals surface area contributed by atoms with E-state index in [-0.39, 0.29) is 16.4 Å². The van der Waals surface area contributed by atoms with Gasteiger partial charge in [0.25, 0.3) is 0 Å². The molecule has 0 saturated carbocycles. The van der Waals surface area contributed by atoms with Crippen molar-refractivity contribution in [2.24, 2.45) is 12.8 Å². The molecule has 1 aromatic heterocycles. The van der Waals surface area contributed by atoms with Crippen LogP contribution in [0.1, 0.15) is 28.9 Å². The number of aryl methyl sites for hydroxylation is 2. The van der Waals surface area contributed by atoms with Crippen LogP contribution >= 0.6 is 0 Å². The first-order valence-corrected chi connectivity index (χ1v) is 9.91. The van der Waals surface area contributed by atoms with Crippen molar-refractivity contribution in [2.45, 2.75) is 30.7 Å². The van der Waals surface area contributed by atoms with Crippen LogP contribution in [0.3, 0.4) is 0 Å². The molecule has 2 amide bonds. The number of nitrogens with two attached hydrogens (primary N) is 1. The minimum Gasteiger partial charge on any atom is -0.366 e. The highest BCUT2D eigenvalue weighted by atomic mass is 32.2. The number of carbonyl (C=O) groups is 2. The minimum atomic E-state index is -3.99. The van der Waals surface area contributed by atoms with Crippen molar-refractivity contribution in [1.29, 1.82) is 0 Å². The summed E-state index contributed by atoms with van der Waals surface area (Å²) in [5.74, 6) is -0.436. The molecule has 9 nitrogen and oxygen atoms in total. The molecule has 0 bridgehead atoms. The third-order valence-electron chi connectivity index (χ3n) is 4.42. The summed E-state index contributed by atoms with van der Waals surface area (Å²) >= 11 is 0. The van der Waals surface area contributed by atoms with Gasteiger partial charge in [0, 0.05) is 25.2 Å². The summed E-state index contributed by atoms with van der Waals surface area (Å²) in [4.78, 5) is 25.6. The number of benzene rings is 1. The average molecular weight is 391 g/mol. The second-order valence-electron chi connectivity index (χ2n) is 6.47. The number of aromatic nitrogens is 2. The second-order valence-corrected chi connectivity index (χ2v) is 8.18. The van der Waals surface area contributed by atoms with Gasteiger partial charge < -0.3 is 5.73 Å². The van der Waals surface area contributed by atoms with Gasteiger partial charge in [-0.1, -0.05) is 6.07 Å². The molecular weight excluding hydrogens is 370 g/mol. The van der Waals surface area contributed by atoms with Crippen molar-refractivity contribution in [2.75, 3.05) is 11.4 Å². The van der Waals surface area contributed by atoms with Crippen molar-refractivity contribution in [3.05, 3.63) is 41.6 Å². The van der Waals surface area contributed by atoms with Gasteiger partial charge in [-0.05, 0) is 38.0 Å². The Morgan fingerprint density at radius 2 is 2.07 bits per heavy atom. The Labute approximate surface area is 157 Å². The molecule has 2 aromatic rings. The second kappa shape index (κ2) is 7.12. The zero-order valence-corrected chi connectivity index (χ0v) is 15.9. The Balaban J connectivity index is 1.84. The Hall–Kier alpha value is -2.72. The lowest BCUT2D eigenvalue weighted by atomic mass is 10.1. The Morgan fingerprint density at radius 1 is 1.33 bits per heavy atom. The summed E-state index contributed by atoms with van der Waals surface area (Å²) in [7, 11) is -2.25. The maximum atomic E-state index is 12.9. The topological polar surface area (TPSA) is 127 Å². The molecule has 0 aliphatic carbocycles. The van der Waals surface area contributed by atoms with Gasteiger partial charge in [-0.2, -0.15) is 9.82 Å². The maximum absolute atomic E-state index is 12.9. The summed E-state index contributed by atoms with van der Waals surface area (Å²) < 4.78 is 29.4. The van der Waals surface area contributed by atoms with Crippen LogP contribution in [-0.2, 0) is 21.9 Å². The maximum Gasteiger partial charge on any atom is 0.248 e. The van der Waals surface area contributed by atoms with Gasteiger partial charge in [-0.25, -0.2) is 8.42 Å².